The third kappa shape index (κ3) is 2.18. The van der Waals surface area contributed by atoms with Gasteiger partial charge in [0.05, 0.1) is 10.7 Å². The molecular weight excluding hydrogens is 180 g/mol. The van der Waals surface area contributed by atoms with Gasteiger partial charge in [0.15, 0.2) is 0 Å². The third-order valence-electron chi connectivity index (χ3n) is 0.926. The van der Waals surface area contributed by atoms with Crippen LogP contribution in [0.4, 0.5) is 0 Å². The van der Waals surface area contributed by atoms with Crippen LogP contribution >= 0.6 is 15.9 Å². The summed E-state index contributed by atoms with van der Waals surface area (Å²) in [5, 5.41) is 4.00. The van der Waals surface area contributed by atoms with E-state index in [2.05, 4.69) is 28.0 Å². The van der Waals surface area contributed by atoms with Gasteiger partial charge in [-0.25, -0.2) is 0 Å². The van der Waals surface area contributed by atoms with Crippen LogP contribution < -0.4 is 0 Å². The van der Waals surface area contributed by atoms with Gasteiger partial charge in [-0.1, -0.05) is 7.43 Å². The van der Waals surface area contributed by atoms with E-state index in [1.165, 1.54) is 0 Å². The van der Waals surface area contributed by atoms with Gasteiger partial charge < -0.3 is 0 Å². The first-order valence-corrected chi connectivity index (χ1v) is 3.30. The Balaban J connectivity index is 0.000000640. The average molecular weight is 191 g/mol. The Morgan fingerprint density at radius 1 is 1.78 bits per heavy atom. The highest BCUT2D eigenvalue weighted by molar-refractivity contribution is 9.10. The van der Waals surface area contributed by atoms with Gasteiger partial charge in [-0.15, -0.1) is 0 Å². The predicted octanol–water partition coefficient (Wildman–Crippen LogP) is 2.30. The summed E-state index contributed by atoms with van der Waals surface area (Å²) in [6.45, 7) is 2.99. The highest BCUT2D eigenvalue weighted by atomic mass is 79.9. The molecular formula is C6H11BrN2. The van der Waals surface area contributed by atoms with E-state index in [4.69, 9.17) is 0 Å². The number of aromatic nitrogens is 2. The van der Waals surface area contributed by atoms with Crippen LogP contribution in [-0.4, -0.2) is 9.78 Å². The number of aryl methyl sites for hydroxylation is 1. The zero-order chi connectivity index (χ0) is 5.98. The van der Waals surface area contributed by atoms with Crippen LogP contribution in [0, 0.1) is 0 Å². The first kappa shape index (κ1) is 8.69. The molecule has 3 heteroatoms. The fourth-order valence-electron chi connectivity index (χ4n) is 0.511. The van der Waals surface area contributed by atoms with Gasteiger partial charge in [-0.2, -0.15) is 5.10 Å². The maximum absolute atomic E-state index is 4.00. The molecule has 1 aromatic heterocycles. The largest absolute Gasteiger partial charge is 0.272 e. The monoisotopic (exact) mass is 190 g/mol. The topological polar surface area (TPSA) is 17.8 Å². The molecule has 0 bridgehead atoms. The molecule has 2 nitrogen and oxygen atoms in total. The standard InChI is InChI=1S/C5H7BrN2.CH4/c1-2-8-4-5(6)3-7-8;/h3-4H,2H2,1H3;1H4. The zero-order valence-corrected chi connectivity index (χ0v) is 6.22. The van der Waals surface area contributed by atoms with Crippen LogP contribution in [0.1, 0.15) is 14.4 Å². The van der Waals surface area contributed by atoms with Gasteiger partial charge in [-0.05, 0) is 22.9 Å². The highest BCUT2D eigenvalue weighted by Gasteiger charge is 1.87. The number of rotatable bonds is 1. The Morgan fingerprint density at radius 2 is 2.44 bits per heavy atom. The SMILES string of the molecule is C.CCn1cc(Br)cn1. The lowest BCUT2D eigenvalue weighted by atomic mass is 10.7. The fraction of sp³-hybridized carbons (Fsp3) is 0.500. The minimum absolute atomic E-state index is 0. The van der Waals surface area contributed by atoms with Crippen molar-refractivity contribution in [3.63, 3.8) is 0 Å². The van der Waals surface area contributed by atoms with Crippen LogP contribution in [0.3, 0.4) is 0 Å². The van der Waals surface area contributed by atoms with Gasteiger partial charge in [-0.3, -0.25) is 4.68 Å². The Bertz CT molecular complexity index is 171. The van der Waals surface area contributed by atoms with E-state index >= 15 is 0 Å². The van der Waals surface area contributed by atoms with E-state index in [0.29, 0.717) is 0 Å². The molecule has 0 N–H and O–H groups in total. The quantitative estimate of drug-likeness (QED) is 0.665. The van der Waals surface area contributed by atoms with Gasteiger partial charge in [0, 0.05) is 12.7 Å². The van der Waals surface area contributed by atoms with Gasteiger partial charge in [0.1, 0.15) is 0 Å². The molecule has 0 spiro atoms. The fourth-order valence-corrected chi connectivity index (χ4v) is 0.839. The maximum Gasteiger partial charge on any atom is 0.0632 e. The predicted molar refractivity (Wildman–Crippen MR) is 42.3 cm³/mol. The molecule has 0 atom stereocenters. The Hall–Kier alpha value is -0.310. The van der Waals surface area contributed by atoms with Crippen LogP contribution in [0.5, 0.6) is 0 Å². The number of nitrogens with zero attached hydrogens (tertiary/aromatic N) is 2. The molecule has 0 aliphatic rings. The van der Waals surface area contributed by atoms with Gasteiger partial charge in [0.25, 0.3) is 0 Å². The lowest BCUT2D eigenvalue weighted by molar-refractivity contribution is 0.659. The first-order valence-electron chi connectivity index (χ1n) is 2.51. The van der Waals surface area contributed by atoms with E-state index in [0.717, 1.165) is 11.0 Å². The Kier molecular flexibility index (Phi) is 3.54. The summed E-state index contributed by atoms with van der Waals surface area (Å²) in [6, 6.07) is 0. The lowest BCUT2D eigenvalue weighted by Crippen LogP contribution is -1.91. The molecule has 1 rings (SSSR count). The molecule has 52 valence electrons. The van der Waals surface area contributed by atoms with Crippen LogP contribution in [0.15, 0.2) is 16.9 Å². The Labute approximate surface area is 64.0 Å². The lowest BCUT2D eigenvalue weighted by Gasteiger charge is -1.88. The summed E-state index contributed by atoms with van der Waals surface area (Å²) in [5.74, 6) is 0. The average Bonchev–Trinajstić information content (AvgIpc) is 2.14. The summed E-state index contributed by atoms with van der Waals surface area (Å²) in [4.78, 5) is 0. The van der Waals surface area contributed by atoms with Crippen molar-refractivity contribution < 1.29 is 0 Å². The van der Waals surface area contributed by atoms with Gasteiger partial charge >= 0.3 is 0 Å². The first-order chi connectivity index (χ1) is 3.83. The third-order valence-corrected chi connectivity index (χ3v) is 1.34. The molecule has 0 saturated carbocycles. The molecule has 0 fully saturated rings. The summed E-state index contributed by atoms with van der Waals surface area (Å²) in [5.41, 5.74) is 0. The molecule has 0 aromatic carbocycles. The summed E-state index contributed by atoms with van der Waals surface area (Å²) < 4.78 is 2.91. The minimum Gasteiger partial charge on any atom is -0.272 e. The zero-order valence-electron chi connectivity index (χ0n) is 4.63. The molecule has 1 aromatic rings. The minimum atomic E-state index is 0. The van der Waals surface area contributed by atoms with E-state index in [1.54, 1.807) is 6.20 Å². The Morgan fingerprint density at radius 3 is 2.67 bits per heavy atom. The van der Waals surface area contributed by atoms with Crippen LogP contribution in [0.25, 0.3) is 0 Å². The second-order valence-corrected chi connectivity index (χ2v) is 2.43. The second-order valence-electron chi connectivity index (χ2n) is 1.51. The molecule has 9 heavy (non-hydrogen) atoms. The number of halogens is 1. The summed E-state index contributed by atoms with van der Waals surface area (Å²) >= 11 is 3.29. The maximum atomic E-state index is 4.00. The molecule has 0 aliphatic heterocycles. The van der Waals surface area contributed by atoms with E-state index in [-0.39, 0.29) is 7.43 Å². The molecule has 0 saturated heterocycles. The van der Waals surface area contributed by atoms with E-state index in [9.17, 15) is 0 Å². The number of hydrogen-bond donors (Lipinski definition) is 0. The smallest absolute Gasteiger partial charge is 0.0632 e. The van der Waals surface area contributed by atoms with Crippen LogP contribution in [-0.2, 0) is 6.54 Å². The molecule has 0 aliphatic carbocycles. The summed E-state index contributed by atoms with van der Waals surface area (Å²) in [6.07, 6.45) is 3.73. The highest BCUT2D eigenvalue weighted by Crippen LogP contribution is 2.05. The van der Waals surface area contributed by atoms with E-state index in [1.807, 2.05) is 10.9 Å². The van der Waals surface area contributed by atoms with Crippen molar-refractivity contribution in [2.24, 2.45) is 0 Å². The molecule has 0 amide bonds. The molecule has 0 radical (unpaired) electrons. The second kappa shape index (κ2) is 3.67. The normalized spacial score (nSPS) is 8.67. The molecule has 1 heterocycles. The van der Waals surface area contributed by atoms with Crippen LogP contribution in [0.2, 0.25) is 0 Å². The molecule has 0 unspecified atom stereocenters. The van der Waals surface area contributed by atoms with Crippen molar-refractivity contribution in [2.45, 2.75) is 20.9 Å². The van der Waals surface area contributed by atoms with Crippen molar-refractivity contribution in [1.29, 1.82) is 0 Å². The van der Waals surface area contributed by atoms with Crippen molar-refractivity contribution >= 4 is 15.9 Å². The number of hydrogen-bond acceptors (Lipinski definition) is 1. The van der Waals surface area contributed by atoms with Crippen molar-refractivity contribution in [1.82, 2.24) is 9.78 Å². The van der Waals surface area contributed by atoms with E-state index < -0.39 is 0 Å². The van der Waals surface area contributed by atoms with Crippen molar-refractivity contribution in [3.8, 4) is 0 Å². The van der Waals surface area contributed by atoms with Gasteiger partial charge in [0.2, 0.25) is 0 Å². The summed E-state index contributed by atoms with van der Waals surface area (Å²) in [7, 11) is 0. The van der Waals surface area contributed by atoms with Crippen molar-refractivity contribution in [2.75, 3.05) is 0 Å². The van der Waals surface area contributed by atoms with Crippen molar-refractivity contribution in [3.05, 3.63) is 16.9 Å².